The van der Waals surface area contributed by atoms with E-state index in [-0.39, 0.29) is 6.04 Å². The lowest BCUT2D eigenvalue weighted by Gasteiger charge is -2.25. The normalized spacial score (nSPS) is 17.0. The van der Waals surface area contributed by atoms with E-state index in [0.29, 0.717) is 30.0 Å². The molecule has 2 aromatic heterocycles. The van der Waals surface area contributed by atoms with Crippen LogP contribution >= 0.6 is 0 Å². The van der Waals surface area contributed by atoms with Crippen LogP contribution in [0.3, 0.4) is 0 Å². The van der Waals surface area contributed by atoms with Crippen molar-refractivity contribution in [3.63, 3.8) is 0 Å². The Morgan fingerprint density at radius 3 is 2.69 bits per heavy atom. The molecule has 4 rings (SSSR count). The van der Waals surface area contributed by atoms with Crippen LogP contribution < -0.4 is 5.32 Å². The summed E-state index contributed by atoms with van der Waals surface area (Å²) in [6.07, 6.45) is 4.61. The van der Waals surface area contributed by atoms with Crippen molar-refractivity contribution < 1.29 is 12.8 Å². The van der Waals surface area contributed by atoms with E-state index in [1.807, 2.05) is 25.1 Å². The fourth-order valence-electron chi connectivity index (χ4n) is 3.94. The van der Waals surface area contributed by atoms with Gasteiger partial charge in [-0.1, -0.05) is 6.42 Å². The predicted molar refractivity (Wildman–Crippen MR) is 112 cm³/mol. The molecule has 1 N–H and O–H groups in total. The molecular formula is C21H28N4O3S. The first-order valence-electron chi connectivity index (χ1n) is 10.3. The van der Waals surface area contributed by atoms with Gasteiger partial charge in [-0.05, 0) is 57.0 Å². The second kappa shape index (κ2) is 8.30. The summed E-state index contributed by atoms with van der Waals surface area (Å²) in [6.45, 7) is 6.65. The Morgan fingerprint density at radius 2 is 2.00 bits per heavy atom. The Hall–Kier alpha value is -2.16. The lowest BCUT2D eigenvalue weighted by Crippen LogP contribution is -2.35. The Balaban J connectivity index is 1.60. The molecule has 156 valence electrons. The first-order chi connectivity index (χ1) is 14.0. The maximum Gasteiger partial charge on any atom is 0.243 e. The third-order valence-electron chi connectivity index (χ3n) is 5.60. The van der Waals surface area contributed by atoms with Gasteiger partial charge >= 0.3 is 0 Å². The van der Waals surface area contributed by atoms with Crippen molar-refractivity contribution in [2.45, 2.75) is 57.1 Å². The number of benzene rings is 1. The molecule has 0 saturated carbocycles. The smallest absolute Gasteiger partial charge is 0.243 e. The summed E-state index contributed by atoms with van der Waals surface area (Å²) in [5.41, 5.74) is 1.67. The molecule has 3 aromatic rings. The Kier molecular flexibility index (Phi) is 5.76. The van der Waals surface area contributed by atoms with Gasteiger partial charge in [0.25, 0.3) is 0 Å². The van der Waals surface area contributed by atoms with E-state index < -0.39 is 10.0 Å². The average Bonchev–Trinajstić information content (AvgIpc) is 3.39. The van der Waals surface area contributed by atoms with Crippen LogP contribution in [0.15, 0.2) is 45.9 Å². The maximum atomic E-state index is 13.0. The summed E-state index contributed by atoms with van der Waals surface area (Å²) in [4.78, 5) is 5.07. The molecule has 0 radical (unpaired) electrons. The molecule has 29 heavy (non-hydrogen) atoms. The molecule has 1 fully saturated rings. The highest BCUT2D eigenvalue weighted by molar-refractivity contribution is 7.89. The van der Waals surface area contributed by atoms with Crippen molar-refractivity contribution in [3.8, 4) is 0 Å². The van der Waals surface area contributed by atoms with Crippen molar-refractivity contribution in [1.29, 1.82) is 0 Å². The van der Waals surface area contributed by atoms with Gasteiger partial charge in [-0.15, -0.1) is 0 Å². The number of furan rings is 1. The van der Waals surface area contributed by atoms with Crippen LogP contribution in [0.5, 0.6) is 0 Å². The second-order valence-corrected chi connectivity index (χ2v) is 9.44. The Morgan fingerprint density at radius 1 is 1.21 bits per heavy atom. The van der Waals surface area contributed by atoms with E-state index in [1.54, 1.807) is 22.7 Å². The number of aromatic nitrogens is 2. The summed E-state index contributed by atoms with van der Waals surface area (Å²) in [5.74, 6) is 1.76. The maximum absolute atomic E-state index is 13.0. The zero-order valence-electron chi connectivity index (χ0n) is 17.0. The summed E-state index contributed by atoms with van der Waals surface area (Å²) >= 11 is 0. The van der Waals surface area contributed by atoms with E-state index in [2.05, 4.69) is 16.8 Å². The van der Waals surface area contributed by atoms with Gasteiger partial charge in [0.15, 0.2) is 0 Å². The lowest BCUT2D eigenvalue weighted by atomic mass is 10.2. The number of aryl methyl sites for hydroxylation is 1. The van der Waals surface area contributed by atoms with Gasteiger partial charge in [-0.25, -0.2) is 13.4 Å². The topological polar surface area (TPSA) is 80.4 Å². The number of hydrogen-bond donors (Lipinski definition) is 1. The molecule has 0 spiro atoms. The number of imidazole rings is 1. The highest BCUT2D eigenvalue weighted by Crippen LogP contribution is 2.25. The molecule has 1 aliphatic rings. The van der Waals surface area contributed by atoms with Crippen LogP contribution in [0.4, 0.5) is 0 Å². The lowest BCUT2D eigenvalue weighted by molar-refractivity contribution is 0.346. The van der Waals surface area contributed by atoms with Crippen LogP contribution in [0.25, 0.3) is 11.0 Å². The van der Waals surface area contributed by atoms with Crippen LogP contribution in [-0.2, 0) is 23.1 Å². The van der Waals surface area contributed by atoms with E-state index in [1.165, 1.54) is 0 Å². The molecule has 8 heteroatoms. The highest BCUT2D eigenvalue weighted by Gasteiger charge is 2.26. The van der Waals surface area contributed by atoms with Gasteiger partial charge in [0.1, 0.15) is 11.6 Å². The number of sulfonamides is 1. The van der Waals surface area contributed by atoms with Gasteiger partial charge in [-0.2, -0.15) is 4.31 Å². The zero-order valence-corrected chi connectivity index (χ0v) is 17.8. The highest BCUT2D eigenvalue weighted by atomic mass is 32.2. The molecule has 1 saturated heterocycles. The monoisotopic (exact) mass is 416 g/mol. The number of rotatable bonds is 7. The number of nitrogens with zero attached hydrogens (tertiary/aromatic N) is 3. The summed E-state index contributed by atoms with van der Waals surface area (Å²) in [5, 5.41) is 3.43. The van der Waals surface area contributed by atoms with E-state index in [4.69, 9.17) is 9.40 Å². The third kappa shape index (κ3) is 3.97. The fraction of sp³-hybridized carbons (Fsp3) is 0.476. The number of fused-ring (bicyclic) bond motifs is 1. The Bertz CT molecular complexity index is 1070. The summed E-state index contributed by atoms with van der Waals surface area (Å²) < 4.78 is 35.2. The van der Waals surface area contributed by atoms with Crippen molar-refractivity contribution in [1.82, 2.24) is 19.2 Å². The first-order valence-corrected chi connectivity index (χ1v) is 11.7. The first kappa shape index (κ1) is 20.1. The molecule has 7 nitrogen and oxygen atoms in total. The molecule has 0 amide bonds. The summed E-state index contributed by atoms with van der Waals surface area (Å²) in [6, 6.07) is 9.18. The standard InChI is InChI=1S/C21H28N4O3S/c1-3-25-19-10-9-17(29(26,27)24-11-5-4-6-12-24)14-18(19)23-21(25)15-22-16(2)20-8-7-13-28-20/h7-10,13-14,16,22H,3-6,11-12,15H2,1-2H3. The van der Waals surface area contributed by atoms with Gasteiger partial charge in [0.2, 0.25) is 10.0 Å². The van der Waals surface area contributed by atoms with Crippen LogP contribution in [0, 0.1) is 0 Å². The Labute approximate surface area is 171 Å². The van der Waals surface area contributed by atoms with E-state index in [9.17, 15) is 8.42 Å². The quantitative estimate of drug-likeness (QED) is 0.636. The predicted octanol–water partition coefficient (Wildman–Crippen LogP) is 3.67. The van der Waals surface area contributed by atoms with Gasteiger partial charge in [0.05, 0.1) is 34.8 Å². The van der Waals surface area contributed by atoms with Gasteiger partial charge in [0, 0.05) is 19.6 Å². The molecule has 3 heterocycles. The zero-order chi connectivity index (χ0) is 20.4. The third-order valence-corrected chi connectivity index (χ3v) is 7.50. The van der Waals surface area contributed by atoms with Crippen LogP contribution in [0.1, 0.15) is 50.7 Å². The molecule has 1 aliphatic heterocycles. The molecule has 0 bridgehead atoms. The molecule has 0 aliphatic carbocycles. The minimum absolute atomic E-state index is 0.0603. The largest absolute Gasteiger partial charge is 0.468 e. The van der Waals surface area contributed by atoms with Crippen molar-refractivity contribution >= 4 is 21.1 Å². The molecule has 1 aromatic carbocycles. The van der Waals surface area contributed by atoms with Gasteiger partial charge in [-0.3, -0.25) is 0 Å². The van der Waals surface area contributed by atoms with Crippen molar-refractivity contribution in [2.24, 2.45) is 0 Å². The van der Waals surface area contributed by atoms with Crippen LogP contribution in [0.2, 0.25) is 0 Å². The number of nitrogens with one attached hydrogen (secondary N) is 1. The fourth-order valence-corrected chi connectivity index (χ4v) is 5.48. The number of hydrogen-bond acceptors (Lipinski definition) is 5. The molecule has 1 unspecified atom stereocenters. The summed E-state index contributed by atoms with van der Waals surface area (Å²) in [7, 11) is -3.46. The average molecular weight is 417 g/mol. The molecule has 1 atom stereocenters. The minimum atomic E-state index is -3.46. The van der Waals surface area contributed by atoms with Crippen molar-refractivity contribution in [2.75, 3.05) is 13.1 Å². The SMILES string of the molecule is CCn1c(CNC(C)c2ccco2)nc2cc(S(=O)(=O)N3CCCCC3)ccc21. The minimum Gasteiger partial charge on any atom is -0.468 e. The van der Waals surface area contributed by atoms with Crippen molar-refractivity contribution in [3.05, 3.63) is 48.2 Å². The second-order valence-electron chi connectivity index (χ2n) is 7.51. The van der Waals surface area contributed by atoms with E-state index in [0.717, 1.165) is 42.9 Å². The van der Waals surface area contributed by atoms with Gasteiger partial charge < -0.3 is 14.3 Å². The number of piperidine rings is 1. The molecular weight excluding hydrogens is 388 g/mol. The van der Waals surface area contributed by atoms with E-state index >= 15 is 0 Å². The van der Waals surface area contributed by atoms with Crippen LogP contribution in [-0.4, -0.2) is 35.4 Å².